The number of halogens is 1. The number of morpholine rings is 1. The van der Waals surface area contributed by atoms with Crippen LogP contribution in [0.3, 0.4) is 0 Å². The Bertz CT molecular complexity index is 959. The summed E-state index contributed by atoms with van der Waals surface area (Å²) in [7, 11) is -3.79. The third kappa shape index (κ3) is 4.47. The molecule has 9 heteroatoms. The fourth-order valence-corrected chi connectivity index (χ4v) is 4.75. The van der Waals surface area contributed by atoms with Crippen LogP contribution in [0.15, 0.2) is 47.4 Å². The van der Waals surface area contributed by atoms with Gasteiger partial charge >= 0.3 is 0 Å². The molecule has 1 fully saturated rings. The van der Waals surface area contributed by atoms with Gasteiger partial charge in [-0.15, -0.1) is 0 Å². The van der Waals surface area contributed by atoms with Crippen LogP contribution in [0, 0.1) is 0 Å². The summed E-state index contributed by atoms with van der Waals surface area (Å²) < 4.78 is 37.8. The summed E-state index contributed by atoms with van der Waals surface area (Å²) >= 11 is 6.15. The topological polar surface area (TPSA) is 84.9 Å². The highest BCUT2D eigenvalue weighted by Gasteiger charge is 2.28. The fraction of sp³-hybridized carbons (Fsp3) is 0.316. The molecule has 0 radical (unpaired) electrons. The molecule has 0 spiro atoms. The molecule has 0 aromatic heterocycles. The van der Waals surface area contributed by atoms with Gasteiger partial charge in [-0.05, 0) is 37.3 Å². The van der Waals surface area contributed by atoms with E-state index in [1.807, 2.05) is 6.92 Å². The van der Waals surface area contributed by atoms with E-state index >= 15 is 0 Å². The van der Waals surface area contributed by atoms with Crippen LogP contribution in [0.5, 0.6) is 5.75 Å². The van der Waals surface area contributed by atoms with Crippen LogP contribution in [-0.4, -0.2) is 51.5 Å². The Morgan fingerprint density at radius 1 is 1.21 bits per heavy atom. The van der Waals surface area contributed by atoms with Crippen molar-refractivity contribution in [2.24, 2.45) is 0 Å². The van der Waals surface area contributed by atoms with E-state index in [1.54, 1.807) is 30.3 Å². The predicted molar refractivity (Wildman–Crippen MR) is 107 cm³/mol. The van der Waals surface area contributed by atoms with Gasteiger partial charge in [0.1, 0.15) is 10.6 Å². The molecule has 1 heterocycles. The molecule has 7 nitrogen and oxygen atoms in total. The largest absolute Gasteiger partial charge is 0.493 e. The van der Waals surface area contributed by atoms with Gasteiger partial charge in [-0.3, -0.25) is 4.79 Å². The number of para-hydroxylation sites is 1. The maximum atomic E-state index is 12.9. The van der Waals surface area contributed by atoms with Crippen LogP contribution >= 0.6 is 11.6 Å². The van der Waals surface area contributed by atoms with Gasteiger partial charge in [0.2, 0.25) is 10.0 Å². The second-order valence-electron chi connectivity index (χ2n) is 6.04. The van der Waals surface area contributed by atoms with Gasteiger partial charge in [0.05, 0.1) is 30.4 Å². The van der Waals surface area contributed by atoms with Crippen molar-refractivity contribution in [2.45, 2.75) is 11.8 Å². The van der Waals surface area contributed by atoms with E-state index in [1.165, 1.54) is 16.4 Å². The number of hydrogen-bond acceptors (Lipinski definition) is 5. The third-order valence-corrected chi connectivity index (χ3v) is 6.59. The zero-order valence-electron chi connectivity index (χ0n) is 15.4. The molecule has 2 aromatic rings. The highest BCUT2D eigenvalue weighted by molar-refractivity contribution is 7.89. The Labute approximate surface area is 169 Å². The third-order valence-electron chi connectivity index (χ3n) is 4.21. The Hall–Kier alpha value is -2.13. The van der Waals surface area contributed by atoms with Gasteiger partial charge in [0, 0.05) is 18.8 Å². The molecule has 1 aliphatic heterocycles. The van der Waals surface area contributed by atoms with E-state index in [2.05, 4.69) is 5.32 Å². The van der Waals surface area contributed by atoms with Crippen LogP contribution in [0.25, 0.3) is 0 Å². The normalized spacial score (nSPS) is 15.2. The van der Waals surface area contributed by atoms with Gasteiger partial charge in [-0.25, -0.2) is 8.42 Å². The number of benzene rings is 2. The average molecular weight is 425 g/mol. The van der Waals surface area contributed by atoms with Crippen LogP contribution in [0.2, 0.25) is 5.02 Å². The minimum atomic E-state index is -3.79. The molecule has 3 rings (SSSR count). The predicted octanol–water partition coefficient (Wildman–Crippen LogP) is 3.01. The van der Waals surface area contributed by atoms with Crippen LogP contribution in [0.1, 0.15) is 17.3 Å². The lowest BCUT2D eigenvalue weighted by atomic mass is 10.2. The molecule has 0 bridgehead atoms. The maximum Gasteiger partial charge on any atom is 0.259 e. The van der Waals surface area contributed by atoms with E-state index in [0.29, 0.717) is 36.8 Å². The second kappa shape index (κ2) is 8.91. The van der Waals surface area contributed by atoms with E-state index in [9.17, 15) is 13.2 Å². The van der Waals surface area contributed by atoms with Crippen molar-refractivity contribution in [1.82, 2.24) is 4.31 Å². The van der Waals surface area contributed by atoms with Crippen molar-refractivity contribution in [1.29, 1.82) is 0 Å². The highest BCUT2D eigenvalue weighted by atomic mass is 35.5. The fourth-order valence-electron chi connectivity index (χ4n) is 2.84. The molecule has 1 aliphatic rings. The maximum absolute atomic E-state index is 12.9. The first kappa shape index (κ1) is 20.6. The first-order valence-corrected chi connectivity index (χ1v) is 10.7. The molecular weight excluding hydrogens is 404 g/mol. The zero-order chi connectivity index (χ0) is 20.1. The van der Waals surface area contributed by atoms with Crippen molar-refractivity contribution in [3.8, 4) is 5.75 Å². The number of carbonyl (C=O) groups is 1. The zero-order valence-corrected chi connectivity index (χ0v) is 16.9. The van der Waals surface area contributed by atoms with Crippen molar-refractivity contribution < 1.29 is 22.7 Å². The number of carbonyl (C=O) groups excluding carboxylic acids is 1. The summed E-state index contributed by atoms with van der Waals surface area (Å²) in [5, 5.41) is 2.81. The van der Waals surface area contributed by atoms with Gasteiger partial charge < -0.3 is 14.8 Å². The number of rotatable bonds is 6. The summed E-state index contributed by atoms with van der Waals surface area (Å²) in [6.45, 7) is 3.45. The van der Waals surface area contributed by atoms with Gasteiger partial charge in [-0.2, -0.15) is 4.31 Å². The van der Waals surface area contributed by atoms with Crippen molar-refractivity contribution in [3.05, 3.63) is 53.1 Å². The van der Waals surface area contributed by atoms with Crippen molar-refractivity contribution in [2.75, 3.05) is 38.2 Å². The summed E-state index contributed by atoms with van der Waals surface area (Å²) in [6, 6.07) is 11.2. The van der Waals surface area contributed by atoms with Crippen LogP contribution < -0.4 is 10.1 Å². The van der Waals surface area contributed by atoms with E-state index < -0.39 is 15.9 Å². The molecular formula is C19H21ClN2O5S. The standard InChI is InChI=1S/C19H21ClN2O5S/c1-2-27-17-6-4-3-5-15(17)19(23)21-14-7-8-16(20)18(13-14)28(24,25)22-9-11-26-12-10-22/h3-8,13H,2,9-12H2,1H3,(H,21,23). The lowest BCUT2D eigenvalue weighted by Gasteiger charge is -2.26. The Morgan fingerprint density at radius 3 is 2.64 bits per heavy atom. The molecule has 0 aliphatic carbocycles. The molecule has 1 amide bonds. The summed E-state index contributed by atoms with van der Waals surface area (Å²) in [6.07, 6.45) is 0. The molecule has 1 N–H and O–H groups in total. The first-order chi connectivity index (χ1) is 13.4. The Kier molecular flexibility index (Phi) is 6.56. The number of amides is 1. The highest BCUT2D eigenvalue weighted by Crippen LogP contribution is 2.29. The molecule has 28 heavy (non-hydrogen) atoms. The number of anilines is 1. The Balaban J connectivity index is 1.87. The summed E-state index contributed by atoms with van der Waals surface area (Å²) in [4.78, 5) is 12.6. The van der Waals surface area contributed by atoms with Crippen molar-refractivity contribution >= 4 is 33.2 Å². The van der Waals surface area contributed by atoms with Gasteiger partial charge in [-0.1, -0.05) is 23.7 Å². The lowest BCUT2D eigenvalue weighted by molar-refractivity contribution is 0.0730. The van der Waals surface area contributed by atoms with Crippen LogP contribution in [-0.2, 0) is 14.8 Å². The summed E-state index contributed by atoms with van der Waals surface area (Å²) in [5.41, 5.74) is 0.685. The monoisotopic (exact) mass is 424 g/mol. The number of sulfonamides is 1. The smallest absolute Gasteiger partial charge is 0.259 e. The number of ether oxygens (including phenoxy) is 2. The number of nitrogens with one attached hydrogen (secondary N) is 1. The molecule has 0 unspecified atom stereocenters. The van der Waals surface area contributed by atoms with E-state index in [4.69, 9.17) is 21.1 Å². The first-order valence-electron chi connectivity index (χ1n) is 8.84. The lowest BCUT2D eigenvalue weighted by Crippen LogP contribution is -2.40. The van der Waals surface area contributed by atoms with Gasteiger partial charge in [0.15, 0.2) is 0 Å². The average Bonchev–Trinajstić information content (AvgIpc) is 2.70. The molecule has 0 atom stereocenters. The summed E-state index contributed by atoms with van der Waals surface area (Å²) in [5.74, 6) is 0.0544. The quantitative estimate of drug-likeness (QED) is 0.770. The molecule has 150 valence electrons. The van der Waals surface area contributed by atoms with Crippen LogP contribution in [0.4, 0.5) is 5.69 Å². The van der Waals surface area contributed by atoms with Crippen molar-refractivity contribution in [3.63, 3.8) is 0 Å². The molecule has 2 aromatic carbocycles. The molecule has 0 saturated carbocycles. The van der Waals surface area contributed by atoms with E-state index in [-0.39, 0.29) is 23.0 Å². The Morgan fingerprint density at radius 2 is 1.93 bits per heavy atom. The van der Waals surface area contributed by atoms with E-state index in [0.717, 1.165) is 0 Å². The van der Waals surface area contributed by atoms with Gasteiger partial charge in [0.25, 0.3) is 5.91 Å². The minimum Gasteiger partial charge on any atom is -0.493 e. The molecule has 1 saturated heterocycles. The SMILES string of the molecule is CCOc1ccccc1C(=O)Nc1ccc(Cl)c(S(=O)(=O)N2CCOCC2)c1. The minimum absolute atomic E-state index is 0.0491. The number of hydrogen-bond donors (Lipinski definition) is 1. The second-order valence-corrected chi connectivity index (χ2v) is 8.36. The number of nitrogens with zero attached hydrogens (tertiary/aromatic N) is 1.